The number of ether oxygens (including phenoxy) is 1. The van der Waals surface area contributed by atoms with Crippen LogP contribution in [0.25, 0.3) is 0 Å². The Bertz CT molecular complexity index is 565. The van der Waals surface area contributed by atoms with Crippen molar-refractivity contribution in [2.24, 2.45) is 0 Å². The highest BCUT2D eigenvalue weighted by Gasteiger charge is 2.13. The van der Waals surface area contributed by atoms with Crippen molar-refractivity contribution in [1.29, 1.82) is 0 Å². The molecule has 2 nitrogen and oxygen atoms in total. The third-order valence-electron chi connectivity index (χ3n) is 2.39. The molecule has 0 aliphatic heterocycles. The number of halogens is 3. The summed E-state index contributed by atoms with van der Waals surface area (Å²) < 4.78 is 5.94. The van der Waals surface area contributed by atoms with Crippen molar-refractivity contribution in [3.8, 4) is 11.5 Å². The number of carbonyl (C=O) groups is 1. The number of hydrogen-bond donors (Lipinski definition) is 0. The summed E-state index contributed by atoms with van der Waals surface area (Å²) in [4.78, 5) is 11.6. The predicted octanol–water partition coefficient (Wildman–Crippen LogP) is 5.38. The van der Waals surface area contributed by atoms with Gasteiger partial charge in [-0.15, -0.1) is 11.6 Å². The van der Waals surface area contributed by atoms with Crippen LogP contribution in [0.4, 0.5) is 0 Å². The van der Waals surface area contributed by atoms with E-state index in [0.717, 1.165) is 10.2 Å². The summed E-state index contributed by atoms with van der Waals surface area (Å²) in [6.45, 7) is 0. The summed E-state index contributed by atoms with van der Waals surface area (Å²) in [6, 6.07) is 14.4. The third kappa shape index (κ3) is 4.06. The largest absolute Gasteiger partial charge is 0.457 e. The summed E-state index contributed by atoms with van der Waals surface area (Å²) in [5, 5.41) is 0. The summed E-state index contributed by atoms with van der Waals surface area (Å²) >= 11 is 12.1. The van der Waals surface area contributed by atoms with Gasteiger partial charge in [0.2, 0.25) is 0 Å². The summed E-state index contributed by atoms with van der Waals surface area (Å²) in [5.74, 6) is 1.23. The van der Waals surface area contributed by atoms with Crippen LogP contribution in [-0.2, 0) is 0 Å². The molecule has 0 amide bonds. The molecule has 0 heterocycles. The van der Waals surface area contributed by atoms with Crippen LogP contribution < -0.4 is 4.74 Å². The number of alkyl halides is 2. The molecule has 2 aromatic carbocycles. The minimum Gasteiger partial charge on any atom is -0.457 e. The van der Waals surface area contributed by atoms with Crippen molar-refractivity contribution in [1.82, 2.24) is 0 Å². The predicted molar refractivity (Wildman–Crippen MR) is 83.6 cm³/mol. The number of rotatable bonds is 4. The molecule has 5 heteroatoms. The molecule has 0 radical (unpaired) electrons. The number of ketones is 1. The molecule has 0 aliphatic rings. The quantitative estimate of drug-likeness (QED) is 0.505. The first kappa shape index (κ1) is 14.6. The number of carbonyl (C=O) groups excluding carboxylic acids is 1. The van der Waals surface area contributed by atoms with Gasteiger partial charge < -0.3 is 4.74 Å². The van der Waals surface area contributed by atoms with Gasteiger partial charge in [-0.05, 0) is 48.5 Å². The average molecular weight is 404 g/mol. The van der Waals surface area contributed by atoms with E-state index in [0.29, 0.717) is 11.3 Å². The Morgan fingerprint density at radius 3 is 1.95 bits per heavy atom. The Balaban J connectivity index is 2.10. The smallest absolute Gasteiger partial charge is 0.191 e. The topological polar surface area (TPSA) is 26.3 Å². The maximum atomic E-state index is 11.6. The van der Waals surface area contributed by atoms with Crippen LogP contribution in [0.5, 0.6) is 11.5 Å². The van der Waals surface area contributed by atoms with Crippen LogP contribution in [0.3, 0.4) is 0 Å². The van der Waals surface area contributed by atoms with E-state index in [-0.39, 0.29) is 5.78 Å². The summed E-state index contributed by atoms with van der Waals surface area (Å²) in [7, 11) is 0. The van der Waals surface area contributed by atoms with E-state index in [2.05, 4.69) is 31.9 Å². The average Bonchev–Trinajstić information content (AvgIpc) is 2.41. The first-order chi connectivity index (χ1) is 9.06. The van der Waals surface area contributed by atoms with Crippen LogP contribution in [0.2, 0.25) is 0 Å². The van der Waals surface area contributed by atoms with Gasteiger partial charge in [0.1, 0.15) is 11.5 Å². The molecule has 2 rings (SSSR count). The highest BCUT2D eigenvalue weighted by Crippen LogP contribution is 2.24. The lowest BCUT2D eigenvalue weighted by atomic mass is 10.1. The van der Waals surface area contributed by atoms with Crippen molar-refractivity contribution < 1.29 is 9.53 Å². The first-order valence-corrected chi connectivity index (χ1v) is 7.56. The second kappa shape index (κ2) is 6.55. The van der Waals surface area contributed by atoms with Crippen molar-refractivity contribution >= 4 is 49.2 Å². The second-order valence-corrected chi connectivity index (χ2v) is 6.54. The Kier molecular flexibility index (Phi) is 5.02. The highest BCUT2D eigenvalue weighted by atomic mass is 79.9. The molecule has 0 saturated carbocycles. The normalized spacial score (nSPS) is 11.9. The van der Waals surface area contributed by atoms with Crippen molar-refractivity contribution in [2.45, 2.75) is 4.29 Å². The summed E-state index contributed by atoms with van der Waals surface area (Å²) in [6.07, 6.45) is 0. The highest BCUT2D eigenvalue weighted by molar-refractivity contribution is 9.10. The number of Topliss-reactive ketones (excluding diaryl/α,β-unsaturated/α-hetero) is 1. The van der Waals surface area contributed by atoms with Crippen molar-refractivity contribution in [3.63, 3.8) is 0 Å². The minimum atomic E-state index is -0.703. The molecular weight excluding hydrogens is 395 g/mol. The van der Waals surface area contributed by atoms with Crippen molar-refractivity contribution in [3.05, 3.63) is 58.6 Å². The Morgan fingerprint density at radius 2 is 1.47 bits per heavy atom. The van der Waals surface area contributed by atoms with Crippen LogP contribution in [0, 0.1) is 0 Å². The maximum absolute atomic E-state index is 11.6. The second-order valence-electron chi connectivity index (χ2n) is 3.75. The molecule has 0 saturated heterocycles. The zero-order valence-corrected chi connectivity index (χ0v) is 13.6. The molecule has 19 heavy (non-hydrogen) atoms. The Hall–Kier alpha value is -0.840. The monoisotopic (exact) mass is 402 g/mol. The molecule has 98 valence electrons. The number of benzene rings is 2. The summed E-state index contributed by atoms with van der Waals surface area (Å²) in [5.41, 5.74) is 0.542. The SMILES string of the molecule is O=C(c1ccc(Oc2ccc(Br)cc2)cc1)C(Cl)Br. The van der Waals surface area contributed by atoms with E-state index >= 15 is 0 Å². The maximum Gasteiger partial charge on any atom is 0.191 e. The molecule has 1 unspecified atom stereocenters. The number of hydrogen-bond acceptors (Lipinski definition) is 2. The molecule has 0 bridgehead atoms. The lowest BCUT2D eigenvalue weighted by molar-refractivity contribution is 0.101. The van der Waals surface area contributed by atoms with Gasteiger partial charge in [-0.25, -0.2) is 0 Å². The van der Waals surface area contributed by atoms with Gasteiger partial charge in [0.25, 0.3) is 0 Å². The van der Waals surface area contributed by atoms with Gasteiger partial charge in [-0.2, -0.15) is 0 Å². The molecule has 0 fully saturated rings. The van der Waals surface area contributed by atoms with Crippen LogP contribution in [0.15, 0.2) is 53.0 Å². The van der Waals surface area contributed by atoms with Crippen LogP contribution >= 0.6 is 43.5 Å². The van der Waals surface area contributed by atoms with E-state index in [4.69, 9.17) is 16.3 Å². The third-order valence-corrected chi connectivity index (χ3v) is 3.53. The van der Waals surface area contributed by atoms with Gasteiger partial charge >= 0.3 is 0 Å². The van der Waals surface area contributed by atoms with Gasteiger partial charge in [0, 0.05) is 10.0 Å². The Morgan fingerprint density at radius 1 is 1.00 bits per heavy atom. The fourth-order valence-corrected chi connectivity index (χ4v) is 2.11. The van der Waals surface area contributed by atoms with E-state index in [9.17, 15) is 4.79 Å². The zero-order valence-electron chi connectivity index (χ0n) is 9.65. The van der Waals surface area contributed by atoms with E-state index < -0.39 is 4.29 Å². The van der Waals surface area contributed by atoms with E-state index in [1.54, 1.807) is 24.3 Å². The van der Waals surface area contributed by atoms with Crippen molar-refractivity contribution in [2.75, 3.05) is 0 Å². The molecule has 1 atom stereocenters. The van der Waals surface area contributed by atoms with Crippen LogP contribution in [-0.4, -0.2) is 10.1 Å². The zero-order chi connectivity index (χ0) is 13.8. The molecule has 0 aromatic heterocycles. The molecular formula is C14H9Br2ClO2. The molecule has 0 aliphatic carbocycles. The molecule has 0 N–H and O–H groups in total. The fraction of sp³-hybridized carbons (Fsp3) is 0.0714. The van der Waals surface area contributed by atoms with Crippen LogP contribution in [0.1, 0.15) is 10.4 Å². The van der Waals surface area contributed by atoms with Gasteiger partial charge in [-0.1, -0.05) is 31.9 Å². The minimum absolute atomic E-state index is 0.170. The van der Waals surface area contributed by atoms with Gasteiger partial charge in [-0.3, -0.25) is 4.79 Å². The van der Waals surface area contributed by atoms with Gasteiger partial charge in [0.05, 0.1) is 0 Å². The fourth-order valence-electron chi connectivity index (χ4n) is 1.45. The van der Waals surface area contributed by atoms with E-state index in [1.165, 1.54) is 0 Å². The van der Waals surface area contributed by atoms with Gasteiger partial charge in [0.15, 0.2) is 10.1 Å². The molecule has 0 spiro atoms. The Labute approximate surface area is 133 Å². The first-order valence-electron chi connectivity index (χ1n) is 5.42. The lowest BCUT2D eigenvalue weighted by Crippen LogP contribution is -2.06. The standard InChI is InChI=1S/C14H9Br2ClO2/c15-10-3-7-12(8-4-10)19-11-5-1-9(2-6-11)13(18)14(16)17/h1-8,14H. The molecule has 2 aromatic rings. The van der Waals surface area contributed by atoms with E-state index in [1.807, 2.05) is 24.3 Å². The lowest BCUT2D eigenvalue weighted by Gasteiger charge is -2.07.